The van der Waals surface area contributed by atoms with Crippen molar-refractivity contribution in [3.63, 3.8) is 0 Å². The average Bonchev–Trinajstić information content (AvgIpc) is 2.56. The number of piperidine rings is 2. The topological polar surface area (TPSA) is 58.6 Å². The minimum Gasteiger partial charge on any atom is -0.458 e. The number of carbonyl (C=O) groups is 1. The van der Waals surface area contributed by atoms with Gasteiger partial charge in [-0.15, -0.1) is 0 Å². The van der Waals surface area contributed by atoms with Crippen molar-refractivity contribution >= 4 is 21.8 Å². The van der Waals surface area contributed by atoms with Gasteiger partial charge >= 0.3 is 6.01 Å². The highest BCUT2D eigenvalue weighted by Crippen LogP contribution is 2.22. The molecule has 0 aliphatic carbocycles. The Morgan fingerprint density at radius 3 is 2.70 bits per heavy atom. The van der Waals surface area contributed by atoms with Crippen molar-refractivity contribution in [2.45, 2.75) is 31.8 Å². The molecule has 0 saturated carbocycles. The number of carbonyl (C=O) groups excluding carboxylic acids is 1. The Kier molecular flexibility index (Phi) is 5.48. The molecule has 0 spiro atoms. The van der Waals surface area contributed by atoms with Crippen LogP contribution in [0.1, 0.15) is 25.7 Å². The smallest absolute Gasteiger partial charge is 0.316 e. The van der Waals surface area contributed by atoms with E-state index in [1.807, 2.05) is 4.90 Å². The highest BCUT2D eigenvalue weighted by Gasteiger charge is 2.31. The summed E-state index contributed by atoms with van der Waals surface area (Å²) in [7, 11) is 2.09. The number of amides is 1. The Labute approximate surface area is 145 Å². The number of aromatic nitrogens is 2. The number of nitrogens with zero attached hydrogens (tertiary/aromatic N) is 4. The van der Waals surface area contributed by atoms with Crippen molar-refractivity contribution in [2.24, 2.45) is 5.92 Å². The largest absolute Gasteiger partial charge is 0.458 e. The third kappa shape index (κ3) is 4.41. The Hall–Kier alpha value is -1.21. The second-order valence-corrected chi connectivity index (χ2v) is 7.37. The van der Waals surface area contributed by atoms with Gasteiger partial charge in [0.25, 0.3) is 0 Å². The SMILES string of the molecule is CN1CCCC(C(=O)N2CCCC(Oc3ncc(Br)cn3)C2)C1. The minimum atomic E-state index is -0.0183. The number of rotatable bonds is 3. The van der Waals surface area contributed by atoms with Crippen LogP contribution in [0.3, 0.4) is 0 Å². The molecule has 1 amide bonds. The fourth-order valence-corrected chi connectivity index (χ4v) is 3.58. The fraction of sp³-hybridized carbons (Fsp3) is 0.688. The molecule has 2 fully saturated rings. The summed E-state index contributed by atoms with van der Waals surface area (Å²) in [5.41, 5.74) is 0. The number of hydrogen-bond donors (Lipinski definition) is 0. The molecule has 1 aromatic rings. The molecule has 3 heterocycles. The van der Waals surface area contributed by atoms with Gasteiger partial charge in [-0.3, -0.25) is 4.79 Å². The van der Waals surface area contributed by atoms with Crippen LogP contribution >= 0.6 is 15.9 Å². The van der Waals surface area contributed by atoms with Crippen molar-refractivity contribution in [1.29, 1.82) is 0 Å². The third-order valence-electron chi connectivity index (χ3n) is 4.53. The summed E-state index contributed by atoms with van der Waals surface area (Å²) >= 11 is 3.31. The summed E-state index contributed by atoms with van der Waals surface area (Å²) in [5.74, 6) is 0.415. The van der Waals surface area contributed by atoms with Crippen molar-refractivity contribution < 1.29 is 9.53 Å². The van der Waals surface area contributed by atoms with E-state index in [0.717, 1.165) is 49.8 Å². The third-order valence-corrected chi connectivity index (χ3v) is 4.94. The second kappa shape index (κ2) is 7.57. The van der Waals surface area contributed by atoms with E-state index >= 15 is 0 Å². The van der Waals surface area contributed by atoms with Gasteiger partial charge in [0.05, 0.1) is 16.9 Å². The Bertz CT molecular complexity index is 539. The maximum Gasteiger partial charge on any atom is 0.316 e. The van der Waals surface area contributed by atoms with Crippen molar-refractivity contribution in [3.8, 4) is 6.01 Å². The van der Waals surface area contributed by atoms with Gasteiger partial charge in [0.2, 0.25) is 5.91 Å². The summed E-state index contributed by atoms with van der Waals surface area (Å²) in [6.45, 7) is 3.44. The monoisotopic (exact) mass is 382 g/mol. The van der Waals surface area contributed by atoms with Gasteiger partial charge in [0.1, 0.15) is 6.10 Å². The molecule has 6 nitrogen and oxygen atoms in total. The number of halogens is 1. The summed E-state index contributed by atoms with van der Waals surface area (Å²) < 4.78 is 6.68. The van der Waals surface area contributed by atoms with E-state index in [4.69, 9.17) is 4.74 Å². The predicted octanol–water partition coefficient (Wildman–Crippen LogP) is 1.95. The van der Waals surface area contributed by atoms with Crippen LogP contribution in [0, 0.1) is 5.92 Å². The molecule has 2 aliphatic rings. The zero-order valence-electron chi connectivity index (χ0n) is 13.4. The molecule has 126 valence electrons. The van der Waals surface area contributed by atoms with Crippen LogP contribution < -0.4 is 4.74 Å². The van der Waals surface area contributed by atoms with Crippen LogP contribution in [0.25, 0.3) is 0 Å². The molecular formula is C16H23BrN4O2. The lowest BCUT2D eigenvalue weighted by Crippen LogP contribution is -2.49. The zero-order valence-corrected chi connectivity index (χ0v) is 15.0. The Morgan fingerprint density at radius 1 is 1.22 bits per heavy atom. The molecule has 23 heavy (non-hydrogen) atoms. The van der Waals surface area contributed by atoms with Gasteiger partial charge in [-0.2, -0.15) is 0 Å². The molecular weight excluding hydrogens is 360 g/mol. The van der Waals surface area contributed by atoms with E-state index in [9.17, 15) is 4.79 Å². The maximum absolute atomic E-state index is 12.7. The molecule has 2 atom stereocenters. The van der Waals surface area contributed by atoms with Crippen LogP contribution in [0.5, 0.6) is 6.01 Å². The van der Waals surface area contributed by atoms with Crippen LogP contribution in [-0.4, -0.2) is 65.0 Å². The molecule has 0 bridgehead atoms. The first-order chi connectivity index (χ1) is 11.1. The molecule has 1 aromatic heterocycles. The predicted molar refractivity (Wildman–Crippen MR) is 90.2 cm³/mol. The van der Waals surface area contributed by atoms with E-state index in [1.165, 1.54) is 0 Å². The fourth-order valence-electron chi connectivity index (χ4n) is 3.37. The van der Waals surface area contributed by atoms with Gasteiger partial charge in [-0.25, -0.2) is 9.97 Å². The summed E-state index contributed by atoms with van der Waals surface area (Å²) in [6, 6.07) is 0.380. The highest BCUT2D eigenvalue weighted by atomic mass is 79.9. The van der Waals surface area contributed by atoms with E-state index in [1.54, 1.807) is 12.4 Å². The molecule has 0 N–H and O–H groups in total. The summed E-state index contributed by atoms with van der Waals surface area (Å²) in [6.07, 6.45) is 7.34. The van der Waals surface area contributed by atoms with Gasteiger partial charge < -0.3 is 14.5 Å². The summed E-state index contributed by atoms with van der Waals surface area (Å²) in [5, 5.41) is 0. The standard InChI is InChI=1S/C16H23BrN4O2/c1-20-6-2-4-12(10-20)15(22)21-7-3-5-14(11-21)23-16-18-8-13(17)9-19-16/h8-9,12,14H,2-7,10-11H2,1H3. The van der Waals surface area contributed by atoms with E-state index < -0.39 is 0 Å². The molecule has 2 unspecified atom stereocenters. The van der Waals surface area contributed by atoms with E-state index in [-0.39, 0.29) is 17.9 Å². The van der Waals surface area contributed by atoms with Gasteiger partial charge in [-0.1, -0.05) is 0 Å². The molecule has 2 aliphatic heterocycles. The first-order valence-electron chi connectivity index (χ1n) is 8.23. The minimum absolute atomic E-state index is 0.0183. The van der Waals surface area contributed by atoms with E-state index in [2.05, 4.69) is 37.8 Å². The lowest BCUT2D eigenvalue weighted by Gasteiger charge is -2.37. The van der Waals surface area contributed by atoms with Gasteiger partial charge in [0.15, 0.2) is 0 Å². The molecule has 2 saturated heterocycles. The maximum atomic E-state index is 12.7. The van der Waals surface area contributed by atoms with Gasteiger partial charge in [0, 0.05) is 25.5 Å². The second-order valence-electron chi connectivity index (χ2n) is 6.45. The van der Waals surface area contributed by atoms with Crippen LogP contribution in [0.4, 0.5) is 0 Å². The Morgan fingerprint density at radius 2 is 1.96 bits per heavy atom. The lowest BCUT2D eigenvalue weighted by atomic mass is 9.95. The zero-order chi connectivity index (χ0) is 16.2. The molecule has 3 rings (SSSR count). The van der Waals surface area contributed by atoms with Crippen molar-refractivity contribution in [1.82, 2.24) is 19.8 Å². The quantitative estimate of drug-likeness (QED) is 0.799. The van der Waals surface area contributed by atoms with Crippen LogP contribution in [0.2, 0.25) is 0 Å². The number of likely N-dealkylation sites (tertiary alicyclic amines) is 2. The average molecular weight is 383 g/mol. The first-order valence-corrected chi connectivity index (χ1v) is 9.02. The lowest BCUT2D eigenvalue weighted by molar-refractivity contribution is -0.139. The van der Waals surface area contributed by atoms with Crippen molar-refractivity contribution in [3.05, 3.63) is 16.9 Å². The Balaban J connectivity index is 1.57. The van der Waals surface area contributed by atoms with E-state index in [0.29, 0.717) is 12.6 Å². The number of ether oxygens (including phenoxy) is 1. The molecule has 7 heteroatoms. The molecule has 0 radical (unpaired) electrons. The first kappa shape index (κ1) is 16.6. The van der Waals surface area contributed by atoms with Crippen LogP contribution in [0.15, 0.2) is 16.9 Å². The molecule has 0 aromatic carbocycles. The van der Waals surface area contributed by atoms with Crippen LogP contribution in [-0.2, 0) is 4.79 Å². The summed E-state index contributed by atoms with van der Waals surface area (Å²) in [4.78, 5) is 25.3. The normalized spacial score (nSPS) is 26.1. The highest BCUT2D eigenvalue weighted by molar-refractivity contribution is 9.10. The number of hydrogen-bond acceptors (Lipinski definition) is 5. The van der Waals surface area contributed by atoms with Crippen molar-refractivity contribution in [2.75, 3.05) is 33.2 Å². The van der Waals surface area contributed by atoms with Gasteiger partial charge in [-0.05, 0) is 55.2 Å².